The van der Waals surface area contributed by atoms with Crippen molar-refractivity contribution in [2.45, 2.75) is 6.92 Å². The van der Waals surface area contributed by atoms with E-state index in [0.29, 0.717) is 16.9 Å². The van der Waals surface area contributed by atoms with Crippen LogP contribution >= 0.6 is 0 Å². The average Bonchev–Trinajstić information content (AvgIpc) is 2.74. The van der Waals surface area contributed by atoms with Crippen molar-refractivity contribution in [2.24, 2.45) is 0 Å². The van der Waals surface area contributed by atoms with Gasteiger partial charge in [0.1, 0.15) is 0 Å². The second kappa shape index (κ2) is 8.27. The summed E-state index contributed by atoms with van der Waals surface area (Å²) in [7, 11) is -1.98. The van der Waals surface area contributed by atoms with Gasteiger partial charge in [-0.3, -0.25) is 9.10 Å². The Morgan fingerprint density at radius 2 is 1.50 bits per heavy atom. The van der Waals surface area contributed by atoms with Crippen LogP contribution in [0.4, 0.5) is 11.4 Å². The van der Waals surface area contributed by atoms with Crippen molar-refractivity contribution in [1.82, 2.24) is 0 Å². The Morgan fingerprint density at radius 1 is 0.893 bits per heavy atom. The number of carbonyl (C=O) groups excluding carboxylic acids is 1. The lowest BCUT2D eigenvalue weighted by atomic mass is 10.0. The lowest BCUT2D eigenvalue weighted by Gasteiger charge is -2.22. The van der Waals surface area contributed by atoms with Gasteiger partial charge in [0.2, 0.25) is 10.0 Å². The van der Waals surface area contributed by atoms with Crippen LogP contribution in [-0.4, -0.2) is 27.1 Å². The molecular formula is C22H22N2O3S. The van der Waals surface area contributed by atoms with Crippen LogP contribution in [0.15, 0.2) is 78.9 Å². The number of sulfonamides is 1. The standard InChI is InChI=1S/C22H22N2O3S/c1-3-28(26,27)24(2)21-15-14-19(17-10-6-4-7-11-17)16-20(21)23-22(25)18-12-8-5-9-13-18/h4-16H,3H2,1-2H3,(H,23,25). The monoisotopic (exact) mass is 394 g/mol. The molecule has 0 bridgehead atoms. The fourth-order valence-corrected chi connectivity index (χ4v) is 3.69. The van der Waals surface area contributed by atoms with Crippen molar-refractivity contribution in [3.05, 3.63) is 84.4 Å². The maximum atomic E-state index is 12.7. The predicted octanol–water partition coefficient (Wildman–Crippen LogP) is 4.39. The molecule has 3 aromatic rings. The number of rotatable bonds is 6. The molecule has 0 aliphatic rings. The Morgan fingerprint density at radius 3 is 2.11 bits per heavy atom. The van der Waals surface area contributed by atoms with Gasteiger partial charge in [-0.15, -0.1) is 0 Å². The smallest absolute Gasteiger partial charge is 0.255 e. The predicted molar refractivity (Wildman–Crippen MR) is 114 cm³/mol. The van der Waals surface area contributed by atoms with Crippen molar-refractivity contribution < 1.29 is 13.2 Å². The van der Waals surface area contributed by atoms with E-state index < -0.39 is 10.0 Å². The second-order valence-electron chi connectivity index (χ2n) is 6.29. The highest BCUT2D eigenvalue weighted by molar-refractivity contribution is 7.92. The van der Waals surface area contributed by atoms with Gasteiger partial charge in [0.25, 0.3) is 5.91 Å². The molecule has 28 heavy (non-hydrogen) atoms. The van der Waals surface area contributed by atoms with Crippen LogP contribution < -0.4 is 9.62 Å². The second-order valence-corrected chi connectivity index (χ2v) is 8.58. The molecule has 6 heteroatoms. The number of carbonyl (C=O) groups is 1. The summed E-state index contributed by atoms with van der Waals surface area (Å²) in [5, 5.41) is 2.87. The summed E-state index contributed by atoms with van der Waals surface area (Å²) in [5.41, 5.74) is 3.22. The molecule has 0 saturated carbocycles. The van der Waals surface area contributed by atoms with Gasteiger partial charge in [0.15, 0.2) is 0 Å². The third kappa shape index (κ3) is 4.23. The SMILES string of the molecule is CCS(=O)(=O)N(C)c1ccc(-c2ccccc2)cc1NC(=O)c1ccccc1. The first-order chi connectivity index (χ1) is 13.4. The number of nitrogens with zero attached hydrogens (tertiary/aromatic N) is 1. The van der Waals surface area contributed by atoms with Gasteiger partial charge in [-0.25, -0.2) is 8.42 Å². The van der Waals surface area contributed by atoms with Gasteiger partial charge < -0.3 is 5.32 Å². The molecule has 0 atom stereocenters. The molecule has 3 aromatic carbocycles. The highest BCUT2D eigenvalue weighted by atomic mass is 32.2. The zero-order valence-electron chi connectivity index (χ0n) is 15.8. The van der Waals surface area contributed by atoms with Crippen molar-refractivity contribution in [3.8, 4) is 11.1 Å². The molecule has 0 radical (unpaired) electrons. The lowest BCUT2D eigenvalue weighted by molar-refractivity contribution is 0.102. The highest BCUT2D eigenvalue weighted by Gasteiger charge is 2.20. The minimum absolute atomic E-state index is 0.0317. The van der Waals surface area contributed by atoms with E-state index in [9.17, 15) is 13.2 Å². The zero-order valence-corrected chi connectivity index (χ0v) is 16.6. The quantitative estimate of drug-likeness (QED) is 0.674. The lowest BCUT2D eigenvalue weighted by Crippen LogP contribution is -2.29. The summed E-state index contributed by atoms with van der Waals surface area (Å²) in [6, 6.07) is 23.9. The van der Waals surface area contributed by atoms with E-state index in [1.165, 1.54) is 11.4 Å². The van der Waals surface area contributed by atoms with Gasteiger partial charge in [-0.1, -0.05) is 54.6 Å². The van der Waals surface area contributed by atoms with Crippen LogP contribution in [0.2, 0.25) is 0 Å². The first kappa shape index (κ1) is 19.6. The summed E-state index contributed by atoms with van der Waals surface area (Å²) < 4.78 is 26.0. The molecule has 1 amide bonds. The fourth-order valence-electron chi connectivity index (χ4n) is 2.85. The van der Waals surface area contributed by atoms with E-state index in [0.717, 1.165) is 11.1 Å². The molecule has 0 aromatic heterocycles. The third-order valence-electron chi connectivity index (χ3n) is 4.51. The number of amides is 1. The zero-order chi connectivity index (χ0) is 20.1. The minimum atomic E-state index is -3.47. The first-order valence-electron chi connectivity index (χ1n) is 8.95. The summed E-state index contributed by atoms with van der Waals surface area (Å²) >= 11 is 0. The Labute approximate surface area is 165 Å². The van der Waals surface area contributed by atoms with Crippen LogP contribution in [0.3, 0.4) is 0 Å². The minimum Gasteiger partial charge on any atom is -0.320 e. The van der Waals surface area contributed by atoms with Gasteiger partial charge >= 0.3 is 0 Å². The summed E-state index contributed by atoms with van der Waals surface area (Å²) in [4.78, 5) is 12.7. The summed E-state index contributed by atoms with van der Waals surface area (Å²) in [6.07, 6.45) is 0. The van der Waals surface area contributed by atoms with E-state index in [-0.39, 0.29) is 11.7 Å². The molecule has 0 heterocycles. The van der Waals surface area contributed by atoms with Crippen LogP contribution in [0.5, 0.6) is 0 Å². The molecule has 0 fully saturated rings. The Balaban J connectivity index is 2.06. The molecule has 0 unspecified atom stereocenters. The normalized spacial score (nSPS) is 11.1. The molecule has 0 aliphatic heterocycles. The maximum Gasteiger partial charge on any atom is 0.255 e. The average molecular weight is 394 g/mol. The molecule has 0 spiro atoms. The molecule has 5 nitrogen and oxygen atoms in total. The Kier molecular flexibility index (Phi) is 5.80. The van der Waals surface area contributed by atoms with E-state index in [4.69, 9.17) is 0 Å². The topological polar surface area (TPSA) is 66.5 Å². The summed E-state index contributed by atoms with van der Waals surface area (Å²) in [6.45, 7) is 1.59. The van der Waals surface area contributed by atoms with Crippen LogP contribution in [-0.2, 0) is 10.0 Å². The van der Waals surface area contributed by atoms with Gasteiger partial charge in [-0.05, 0) is 42.3 Å². The summed E-state index contributed by atoms with van der Waals surface area (Å²) in [5.74, 6) is -0.329. The molecular weight excluding hydrogens is 372 g/mol. The van der Waals surface area contributed by atoms with Crippen molar-refractivity contribution >= 4 is 27.3 Å². The van der Waals surface area contributed by atoms with Gasteiger partial charge in [0.05, 0.1) is 17.1 Å². The van der Waals surface area contributed by atoms with Crippen LogP contribution in [0.25, 0.3) is 11.1 Å². The molecule has 3 rings (SSSR count). The number of hydrogen-bond acceptors (Lipinski definition) is 3. The third-order valence-corrected chi connectivity index (χ3v) is 6.27. The van der Waals surface area contributed by atoms with E-state index in [2.05, 4.69) is 5.32 Å². The highest BCUT2D eigenvalue weighted by Crippen LogP contribution is 2.32. The van der Waals surface area contributed by atoms with Gasteiger partial charge in [-0.2, -0.15) is 0 Å². The van der Waals surface area contributed by atoms with Crippen LogP contribution in [0, 0.1) is 0 Å². The van der Waals surface area contributed by atoms with Gasteiger partial charge in [0, 0.05) is 12.6 Å². The Bertz CT molecular complexity index is 1070. The van der Waals surface area contributed by atoms with Crippen molar-refractivity contribution in [3.63, 3.8) is 0 Å². The fraction of sp³-hybridized carbons (Fsp3) is 0.136. The molecule has 0 aliphatic carbocycles. The number of hydrogen-bond donors (Lipinski definition) is 1. The van der Waals surface area contributed by atoms with E-state index in [1.807, 2.05) is 42.5 Å². The number of benzene rings is 3. The number of anilines is 2. The van der Waals surface area contributed by atoms with E-state index in [1.54, 1.807) is 43.3 Å². The molecule has 144 valence electrons. The van der Waals surface area contributed by atoms with Crippen molar-refractivity contribution in [1.29, 1.82) is 0 Å². The van der Waals surface area contributed by atoms with Crippen molar-refractivity contribution in [2.75, 3.05) is 22.4 Å². The van der Waals surface area contributed by atoms with E-state index >= 15 is 0 Å². The molecule has 0 saturated heterocycles. The first-order valence-corrected chi connectivity index (χ1v) is 10.6. The Hall–Kier alpha value is -3.12. The maximum absolute atomic E-state index is 12.7. The van der Waals surface area contributed by atoms with Crippen LogP contribution in [0.1, 0.15) is 17.3 Å². The number of nitrogens with one attached hydrogen (secondary N) is 1. The molecule has 1 N–H and O–H groups in total. The largest absolute Gasteiger partial charge is 0.320 e.